The lowest BCUT2D eigenvalue weighted by molar-refractivity contribution is 1.02. The molecule has 10 heavy (non-hydrogen) atoms. The molecule has 2 rings (SSSR count). The molecule has 0 bridgehead atoms. The lowest BCUT2D eigenvalue weighted by atomic mass is 10.5. The predicted molar refractivity (Wildman–Crippen MR) is 41.0 cm³/mol. The summed E-state index contributed by atoms with van der Waals surface area (Å²) in [6.45, 7) is 0.525. The van der Waals surface area contributed by atoms with Gasteiger partial charge in [-0.25, -0.2) is 4.98 Å². The molecule has 0 amide bonds. The zero-order valence-electron chi connectivity index (χ0n) is 5.32. The number of nitrogens with two attached hydrogens (primary N) is 1. The van der Waals surface area contributed by atoms with Gasteiger partial charge in [-0.15, -0.1) is 11.3 Å². The smallest absolute Gasteiger partial charge is 0.124 e. The number of fused-ring (bicyclic) bond motifs is 1. The average Bonchev–Trinajstić information content (AvgIpc) is 2.44. The first-order chi connectivity index (χ1) is 4.92. The number of aromatic nitrogens is 2. The minimum atomic E-state index is 0.525. The van der Waals surface area contributed by atoms with E-state index in [1.807, 2.05) is 16.0 Å². The van der Waals surface area contributed by atoms with Gasteiger partial charge in [-0.05, 0) is 0 Å². The van der Waals surface area contributed by atoms with E-state index in [9.17, 15) is 0 Å². The number of hydrogen-bond acceptors (Lipinski definition) is 3. The van der Waals surface area contributed by atoms with Crippen molar-refractivity contribution in [3.8, 4) is 0 Å². The van der Waals surface area contributed by atoms with Crippen LogP contribution in [0.15, 0.2) is 17.9 Å². The van der Waals surface area contributed by atoms with Crippen LogP contribution in [0.25, 0.3) is 4.83 Å². The van der Waals surface area contributed by atoms with E-state index in [-0.39, 0.29) is 0 Å². The molecule has 0 spiro atoms. The summed E-state index contributed by atoms with van der Waals surface area (Å²) >= 11 is 1.67. The van der Waals surface area contributed by atoms with Crippen LogP contribution in [-0.2, 0) is 6.54 Å². The Hall–Kier alpha value is -0.870. The molecule has 2 aromatic heterocycles. The van der Waals surface area contributed by atoms with Crippen molar-refractivity contribution in [1.29, 1.82) is 0 Å². The Kier molecular flexibility index (Phi) is 1.22. The molecule has 2 heterocycles. The van der Waals surface area contributed by atoms with Crippen molar-refractivity contribution < 1.29 is 0 Å². The van der Waals surface area contributed by atoms with Crippen molar-refractivity contribution in [3.05, 3.63) is 23.6 Å². The van der Waals surface area contributed by atoms with E-state index in [0.29, 0.717) is 6.54 Å². The van der Waals surface area contributed by atoms with Gasteiger partial charge in [0, 0.05) is 18.1 Å². The fourth-order valence-electron chi connectivity index (χ4n) is 0.924. The maximum Gasteiger partial charge on any atom is 0.124 e. The normalized spacial score (nSPS) is 10.9. The molecule has 0 aromatic carbocycles. The van der Waals surface area contributed by atoms with Crippen LogP contribution in [-0.4, -0.2) is 9.38 Å². The van der Waals surface area contributed by atoms with E-state index in [1.165, 1.54) is 0 Å². The number of rotatable bonds is 1. The highest BCUT2D eigenvalue weighted by molar-refractivity contribution is 7.15. The van der Waals surface area contributed by atoms with Gasteiger partial charge in [0.25, 0.3) is 0 Å². The fourth-order valence-corrected chi connectivity index (χ4v) is 1.75. The van der Waals surface area contributed by atoms with Gasteiger partial charge in [0.1, 0.15) is 11.2 Å². The zero-order valence-corrected chi connectivity index (χ0v) is 6.14. The highest BCUT2D eigenvalue weighted by Gasteiger charge is 2.00. The maximum atomic E-state index is 5.45. The summed E-state index contributed by atoms with van der Waals surface area (Å²) in [4.78, 5) is 5.28. The van der Waals surface area contributed by atoms with Gasteiger partial charge in [0.2, 0.25) is 0 Å². The molecule has 0 aliphatic heterocycles. The topological polar surface area (TPSA) is 43.3 Å². The first-order valence-corrected chi connectivity index (χ1v) is 3.89. The van der Waals surface area contributed by atoms with Gasteiger partial charge >= 0.3 is 0 Å². The second-order valence-corrected chi connectivity index (χ2v) is 2.91. The van der Waals surface area contributed by atoms with Crippen LogP contribution < -0.4 is 5.73 Å². The zero-order chi connectivity index (χ0) is 6.97. The van der Waals surface area contributed by atoms with Crippen LogP contribution in [0.4, 0.5) is 0 Å². The van der Waals surface area contributed by atoms with E-state index < -0.39 is 0 Å². The van der Waals surface area contributed by atoms with Crippen molar-refractivity contribution in [1.82, 2.24) is 9.38 Å². The molecule has 3 nitrogen and oxygen atoms in total. The molecule has 52 valence electrons. The number of thiazole rings is 1. The minimum absolute atomic E-state index is 0.525. The second-order valence-electron chi connectivity index (χ2n) is 2.01. The SMILES string of the molecule is NCc1ncn2ccsc12. The summed E-state index contributed by atoms with van der Waals surface area (Å²) in [7, 11) is 0. The van der Waals surface area contributed by atoms with Crippen LogP contribution in [0.1, 0.15) is 5.69 Å². The molecule has 2 aromatic rings. The van der Waals surface area contributed by atoms with Gasteiger partial charge < -0.3 is 5.73 Å². The third kappa shape index (κ3) is 0.661. The summed E-state index contributed by atoms with van der Waals surface area (Å²) in [5, 5.41) is 2.02. The first kappa shape index (κ1) is 5.88. The Bertz CT molecular complexity index is 335. The molecule has 0 aliphatic rings. The van der Waals surface area contributed by atoms with Crippen molar-refractivity contribution in [2.24, 2.45) is 5.73 Å². The van der Waals surface area contributed by atoms with Gasteiger partial charge in [0.05, 0.1) is 5.69 Å². The number of nitrogens with zero attached hydrogens (tertiary/aromatic N) is 2. The summed E-state index contributed by atoms with van der Waals surface area (Å²) in [5.74, 6) is 0. The molecule has 0 unspecified atom stereocenters. The van der Waals surface area contributed by atoms with Gasteiger partial charge in [0.15, 0.2) is 0 Å². The number of imidazole rings is 1. The Labute approximate surface area is 62.1 Å². The van der Waals surface area contributed by atoms with E-state index in [2.05, 4.69) is 4.98 Å². The molecule has 2 N–H and O–H groups in total. The largest absolute Gasteiger partial charge is 0.325 e. The van der Waals surface area contributed by atoms with E-state index in [1.54, 1.807) is 17.7 Å². The monoisotopic (exact) mass is 153 g/mol. The van der Waals surface area contributed by atoms with Crippen LogP contribution >= 0.6 is 11.3 Å². The van der Waals surface area contributed by atoms with Gasteiger partial charge in [-0.2, -0.15) is 0 Å². The van der Waals surface area contributed by atoms with Crippen LogP contribution in [0, 0.1) is 0 Å². The Balaban J connectivity index is 2.76. The highest BCUT2D eigenvalue weighted by atomic mass is 32.1. The third-order valence-corrected chi connectivity index (χ3v) is 2.34. The molecule has 0 saturated heterocycles. The molecule has 0 radical (unpaired) electrons. The minimum Gasteiger partial charge on any atom is -0.325 e. The van der Waals surface area contributed by atoms with Crippen molar-refractivity contribution in [3.63, 3.8) is 0 Å². The van der Waals surface area contributed by atoms with Gasteiger partial charge in [-0.3, -0.25) is 4.40 Å². The fraction of sp³-hybridized carbons (Fsp3) is 0.167. The Morgan fingerprint density at radius 2 is 2.60 bits per heavy atom. The lowest BCUT2D eigenvalue weighted by Crippen LogP contribution is -1.95. The summed E-state index contributed by atoms with van der Waals surface area (Å²) in [5.41, 5.74) is 6.43. The van der Waals surface area contributed by atoms with Crippen LogP contribution in [0.2, 0.25) is 0 Å². The number of hydrogen-bond donors (Lipinski definition) is 1. The van der Waals surface area contributed by atoms with Crippen LogP contribution in [0.3, 0.4) is 0 Å². The standard InChI is InChI=1S/C6H7N3S/c7-3-5-6-9(4-8-5)1-2-10-6/h1-2,4H,3,7H2. The maximum absolute atomic E-state index is 5.45. The molecule has 0 saturated carbocycles. The highest BCUT2D eigenvalue weighted by Crippen LogP contribution is 2.14. The third-order valence-electron chi connectivity index (χ3n) is 1.41. The van der Waals surface area contributed by atoms with Crippen LogP contribution in [0.5, 0.6) is 0 Å². The summed E-state index contributed by atoms with van der Waals surface area (Å²) in [6, 6.07) is 0. The predicted octanol–water partition coefficient (Wildman–Crippen LogP) is 0.854. The Morgan fingerprint density at radius 3 is 3.40 bits per heavy atom. The van der Waals surface area contributed by atoms with Gasteiger partial charge in [-0.1, -0.05) is 0 Å². The molecule has 0 fully saturated rings. The Morgan fingerprint density at radius 1 is 1.70 bits per heavy atom. The van der Waals surface area contributed by atoms with E-state index >= 15 is 0 Å². The molecular weight excluding hydrogens is 146 g/mol. The van der Waals surface area contributed by atoms with E-state index in [0.717, 1.165) is 10.5 Å². The first-order valence-electron chi connectivity index (χ1n) is 3.01. The van der Waals surface area contributed by atoms with Crippen molar-refractivity contribution >= 4 is 16.2 Å². The van der Waals surface area contributed by atoms with E-state index in [4.69, 9.17) is 5.73 Å². The molecule has 0 aliphatic carbocycles. The second kappa shape index (κ2) is 2.07. The molecule has 0 atom stereocenters. The molecule has 4 heteroatoms. The summed E-state index contributed by atoms with van der Waals surface area (Å²) < 4.78 is 1.98. The lowest BCUT2D eigenvalue weighted by Gasteiger charge is -1.83. The van der Waals surface area contributed by atoms with Crippen molar-refractivity contribution in [2.45, 2.75) is 6.54 Å². The quantitative estimate of drug-likeness (QED) is 0.660. The van der Waals surface area contributed by atoms with Crippen molar-refractivity contribution in [2.75, 3.05) is 0 Å². The average molecular weight is 153 g/mol. The summed E-state index contributed by atoms with van der Waals surface area (Å²) in [6.07, 6.45) is 3.76. The molecular formula is C6H7N3S.